The van der Waals surface area contributed by atoms with Crippen molar-refractivity contribution in [2.45, 2.75) is 37.1 Å². The SMILES string of the molecule is O=C1CCCN1c1ccc(Cn2nc3c(S(=O)(=O)N4CCCC4)cccn3c2=O)cc1. The first-order chi connectivity index (χ1) is 14.9. The summed E-state index contributed by atoms with van der Waals surface area (Å²) in [6, 6.07) is 10.5. The fourth-order valence-corrected chi connectivity index (χ4v) is 5.90. The molecule has 10 heteroatoms. The van der Waals surface area contributed by atoms with Crippen LogP contribution in [0.3, 0.4) is 0 Å². The highest BCUT2D eigenvalue weighted by molar-refractivity contribution is 7.89. The lowest BCUT2D eigenvalue weighted by Gasteiger charge is -2.15. The van der Waals surface area contributed by atoms with Crippen molar-refractivity contribution in [1.82, 2.24) is 18.5 Å². The van der Waals surface area contributed by atoms with Crippen LogP contribution in [0.1, 0.15) is 31.2 Å². The molecule has 4 heterocycles. The van der Waals surface area contributed by atoms with Gasteiger partial charge in [-0.2, -0.15) is 4.31 Å². The molecular weight excluding hydrogens is 418 g/mol. The van der Waals surface area contributed by atoms with Gasteiger partial charge in [0.2, 0.25) is 15.9 Å². The van der Waals surface area contributed by atoms with Gasteiger partial charge < -0.3 is 4.90 Å². The van der Waals surface area contributed by atoms with Gasteiger partial charge in [0.05, 0.1) is 6.54 Å². The van der Waals surface area contributed by atoms with E-state index in [2.05, 4.69) is 5.10 Å². The molecule has 0 atom stereocenters. The number of sulfonamides is 1. The molecule has 2 aromatic heterocycles. The van der Waals surface area contributed by atoms with Crippen LogP contribution in [0.25, 0.3) is 5.65 Å². The number of carbonyl (C=O) groups excluding carboxylic acids is 1. The lowest BCUT2D eigenvalue weighted by Crippen LogP contribution is -2.28. The molecule has 0 spiro atoms. The smallest absolute Gasteiger partial charge is 0.312 e. The standard InChI is InChI=1S/C21H23N5O4S/c27-19-6-4-13-24(19)17-9-7-16(8-10-17)15-26-21(28)25-14-3-5-18(20(25)22-26)31(29,30)23-11-1-2-12-23/h3,5,7-10,14H,1-2,4,6,11-13,15H2. The monoisotopic (exact) mass is 441 g/mol. The third kappa shape index (κ3) is 3.45. The van der Waals surface area contributed by atoms with Crippen molar-refractivity contribution in [1.29, 1.82) is 0 Å². The van der Waals surface area contributed by atoms with Gasteiger partial charge in [-0.25, -0.2) is 22.3 Å². The van der Waals surface area contributed by atoms with E-state index in [1.807, 2.05) is 24.3 Å². The van der Waals surface area contributed by atoms with Crippen molar-refractivity contribution in [3.63, 3.8) is 0 Å². The Labute approximate surface area is 179 Å². The van der Waals surface area contributed by atoms with Crippen molar-refractivity contribution < 1.29 is 13.2 Å². The quantitative estimate of drug-likeness (QED) is 0.597. The van der Waals surface area contributed by atoms with E-state index < -0.39 is 15.7 Å². The molecule has 2 aliphatic heterocycles. The van der Waals surface area contributed by atoms with Gasteiger partial charge in [0.25, 0.3) is 0 Å². The van der Waals surface area contributed by atoms with Crippen LogP contribution in [0.4, 0.5) is 5.69 Å². The highest BCUT2D eigenvalue weighted by atomic mass is 32.2. The minimum Gasteiger partial charge on any atom is -0.312 e. The highest BCUT2D eigenvalue weighted by Gasteiger charge is 2.30. The molecule has 5 rings (SSSR count). The van der Waals surface area contributed by atoms with E-state index in [1.54, 1.807) is 11.0 Å². The molecule has 0 aliphatic carbocycles. The van der Waals surface area contributed by atoms with Crippen LogP contribution in [0, 0.1) is 0 Å². The van der Waals surface area contributed by atoms with Crippen LogP contribution in [-0.4, -0.2) is 52.4 Å². The summed E-state index contributed by atoms with van der Waals surface area (Å²) in [6.45, 7) is 1.90. The number of nitrogens with zero attached hydrogens (tertiary/aromatic N) is 5. The van der Waals surface area contributed by atoms with Gasteiger partial charge in [0.15, 0.2) is 5.65 Å². The zero-order valence-electron chi connectivity index (χ0n) is 17.0. The number of aromatic nitrogens is 3. The van der Waals surface area contributed by atoms with Crippen molar-refractivity contribution in [2.75, 3.05) is 24.5 Å². The van der Waals surface area contributed by atoms with Crippen LogP contribution in [0.5, 0.6) is 0 Å². The summed E-state index contributed by atoms with van der Waals surface area (Å²) in [6.07, 6.45) is 4.64. The number of pyridine rings is 1. The zero-order chi connectivity index (χ0) is 21.6. The summed E-state index contributed by atoms with van der Waals surface area (Å²) in [4.78, 5) is 26.6. The Hall–Kier alpha value is -2.98. The molecule has 162 valence electrons. The normalized spacial score (nSPS) is 17.8. The summed E-state index contributed by atoms with van der Waals surface area (Å²) in [5, 5.41) is 4.35. The van der Waals surface area contributed by atoms with Gasteiger partial charge in [-0.15, -0.1) is 5.10 Å². The fraction of sp³-hybridized carbons (Fsp3) is 0.381. The topological polar surface area (TPSA) is 97.0 Å². The Kier molecular flexibility index (Phi) is 4.90. The van der Waals surface area contributed by atoms with E-state index in [-0.39, 0.29) is 23.0 Å². The minimum atomic E-state index is -3.70. The number of amides is 1. The maximum absolute atomic E-state index is 13.0. The lowest BCUT2D eigenvalue weighted by molar-refractivity contribution is -0.117. The largest absolute Gasteiger partial charge is 0.350 e. The first-order valence-electron chi connectivity index (χ1n) is 10.4. The number of fused-ring (bicyclic) bond motifs is 1. The van der Waals surface area contributed by atoms with Gasteiger partial charge in [-0.1, -0.05) is 12.1 Å². The Morgan fingerprint density at radius 1 is 0.935 bits per heavy atom. The average molecular weight is 442 g/mol. The van der Waals surface area contributed by atoms with E-state index in [4.69, 9.17) is 0 Å². The van der Waals surface area contributed by atoms with Crippen LogP contribution < -0.4 is 10.6 Å². The van der Waals surface area contributed by atoms with Gasteiger partial charge in [-0.05, 0) is 49.1 Å². The van der Waals surface area contributed by atoms with E-state index in [9.17, 15) is 18.0 Å². The van der Waals surface area contributed by atoms with Crippen molar-refractivity contribution in [3.8, 4) is 0 Å². The second-order valence-electron chi connectivity index (χ2n) is 7.93. The van der Waals surface area contributed by atoms with Crippen molar-refractivity contribution in [3.05, 3.63) is 58.6 Å². The predicted molar refractivity (Wildman–Crippen MR) is 115 cm³/mol. The highest BCUT2D eigenvalue weighted by Crippen LogP contribution is 2.24. The number of carbonyl (C=O) groups is 1. The Balaban J connectivity index is 1.47. The number of benzene rings is 1. The molecule has 2 saturated heterocycles. The van der Waals surface area contributed by atoms with Gasteiger partial charge in [0, 0.05) is 37.9 Å². The Morgan fingerprint density at radius 2 is 1.68 bits per heavy atom. The molecule has 9 nitrogen and oxygen atoms in total. The van der Waals surface area contributed by atoms with Crippen molar-refractivity contribution >= 4 is 27.3 Å². The van der Waals surface area contributed by atoms with Gasteiger partial charge in [0.1, 0.15) is 4.90 Å². The summed E-state index contributed by atoms with van der Waals surface area (Å²) >= 11 is 0. The number of anilines is 1. The molecule has 2 aliphatic rings. The molecule has 1 amide bonds. The molecule has 0 saturated carbocycles. The maximum Gasteiger partial charge on any atom is 0.350 e. The molecule has 0 bridgehead atoms. The third-order valence-electron chi connectivity index (χ3n) is 5.91. The first kappa shape index (κ1) is 20.0. The molecule has 0 unspecified atom stereocenters. The summed E-state index contributed by atoms with van der Waals surface area (Å²) < 4.78 is 30.1. The summed E-state index contributed by atoms with van der Waals surface area (Å²) in [5.74, 6) is 0.121. The van der Waals surface area contributed by atoms with E-state index in [1.165, 1.54) is 25.7 Å². The van der Waals surface area contributed by atoms with Gasteiger partial charge >= 0.3 is 5.69 Å². The predicted octanol–water partition coefficient (Wildman–Crippen LogP) is 1.46. The molecule has 1 aromatic carbocycles. The van der Waals surface area contributed by atoms with E-state index in [0.717, 1.165) is 37.1 Å². The Bertz CT molecular complexity index is 1300. The number of hydrogen-bond donors (Lipinski definition) is 0. The van der Waals surface area contributed by atoms with Crippen molar-refractivity contribution in [2.24, 2.45) is 0 Å². The third-order valence-corrected chi connectivity index (χ3v) is 7.83. The molecule has 0 radical (unpaired) electrons. The molecule has 3 aromatic rings. The van der Waals surface area contributed by atoms with Crippen LogP contribution >= 0.6 is 0 Å². The van der Waals surface area contributed by atoms with Crippen LogP contribution in [-0.2, 0) is 21.4 Å². The maximum atomic E-state index is 13.0. The molecule has 0 N–H and O–H groups in total. The molecule has 2 fully saturated rings. The Morgan fingerprint density at radius 3 is 2.35 bits per heavy atom. The van der Waals surface area contributed by atoms with E-state index in [0.29, 0.717) is 19.5 Å². The second kappa shape index (κ2) is 7.61. The molecular formula is C21H23N5O4S. The van der Waals surface area contributed by atoms with Crippen LogP contribution in [0.2, 0.25) is 0 Å². The summed E-state index contributed by atoms with van der Waals surface area (Å²) in [5.41, 5.74) is 1.42. The second-order valence-corrected chi connectivity index (χ2v) is 9.84. The number of hydrogen-bond acceptors (Lipinski definition) is 5. The number of rotatable bonds is 5. The summed E-state index contributed by atoms with van der Waals surface area (Å²) in [7, 11) is -3.70. The fourth-order valence-electron chi connectivity index (χ4n) is 4.26. The van der Waals surface area contributed by atoms with Gasteiger partial charge in [-0.3, -0.25) is 4.79 Å². The molecule has 31 heavy (non-hydrogen) atoms. The van der Waals surface area contributed by atoms with E-state index >= 15 is 0 Å². The van der Waals surface area contributed by atoms with Crippen LogP contribution in [0.15, 0.2) is 52.3 Å². The average Bonchev–Trinajstić information content (AvgIpc) is 3.51. The minimum absolute atomic E-state index is 0.0515. The lowest BCUT2D eigenvalue weighted by atomic mass is 10.2. The first-order valence-corrected chi connectivity index (χ1v) is 11.9. The zero-order valence-corrected chi connectivity index (χ0v) is 17.8.